The van der Waals surface area contributed by atoms with Crippen molar-refractivity contribution in [2.75, 3.05) is 14.2 Å². The minimum Gasteiger partial charge on any atom is -0.497 e. The standard InChI is InChI=1S/C18H13BrCl2O2S/c1-22-10-3-5-12(15(20)7-10)17-9-14(19)18(24-17)13-6-4-11(23-2)8-16(13)21/h3-9H,1-2H3. The smallest absolute Gasteiger partial charge is 0.120 e. The van der Waals surface area contributed by atoms with Gasteiger partial charge in [-0.2, -0.15) is 0 Å². The molecule has 0 saturated carbocycles. The summed E-state index contributed by atoms with van der Waals surface area (Å²) >= 11 is 18.0. The lowest BCUT2D eigenvalue weighted by molar-refractivity contribution is 0.415. The van der Waals surface area contributed by atoms with Crippen molar-refractivity contribution >= 4 is 50.5 Å². The van der Waals surface area contributed by atoms with Gasteiger partial charge in [0.05, 0.1) is 29.1 Å². The van der Waals surface area contributed by atoms with E-state index >= 15 is 0 Å². The molecule has 124 valence electrons. The van der Waals surface area contributed by atoms with E-state index in [4.69, 9.17) is 32.7 Å². The van der Waals surface area contributed by atoms with Crippen LogP contribution in [-0.2, 0) is 0 Å². The fourth-order valence-electron chi connectivity index (χ4n) is 2.31. The third-order valence-corrected chi connectivity index (χ3v) is 6.26. The van der Waals surface area contributed by atoms with Gasteiger partial charge < -0.3 is 9.47 Å². The second-order valence-corrected chi connectivity index (χ2v) is 7.70. The van der Waals surface area contributed by atoms with Gasteiger partial charge in [0.25, 0.3) is 0 Å². The fraction of sp³-hybridized carbons (Fsp3) is 0.111. The molecule has 0 fully saturated rings. The Morgan fingerprint density at radius 2 is 1.38 bits per heavy atom. The van der Waals surface area contributed by atoms with Crippen molar-refractivity contribution in [3.8, 4) is 32.4 Å². The highest BCUT2D eigenvalue weighted by atomic mass is 79.9. The van der Waals surface area contributed by atoms with Gasteiger partial charge in [0, 0.05) is 20.5 Å². The second kappa shape index (κ2) is 7.36. The summed E-state index contributed by atoms with van der Waals surface area (Å²) in [5.41, 5.74) is 1.91. The van der Waals surface area contributed by atoms with Crippen LogP contribution in [0.1, 0.15) is 0 Å². The van der Waals surface area contributed by atoms with Crippen LogP contribution < -0.4 is 9.47 Å². The zero-order chi connectivity index (χ0) is 17.3. The monoisotopic (exact) mass is 442 g/mol. The summed E-state index contributed by atoms with van der Waals surface area (Å²) in [4.78, 5) is 2.10. The van der Waals surface area contributed by atoms with Crippen molar-refractivity contribution in [2.45, 2.75) is 0 Å². The van der Waals surface area contributed by atoms with E-state index in [0.717, 1.165) is 36.9 Å². The van der Waals surface area contributed by atoms with Crippen molar-refractivity contribution in [2.24, 2.45) is 0 Å². The zero-order valence-electron chi connectivity index (χ0n) is 12.9. The highest BCUT2D eigenvalue weighted by molar-refractivity contribution is 9.10. The predicted molar refractivity (Wildman–Crippen MR) is 106 cm³/mol. The first-order chi connectivity index (χ1) is 11.5. The molecule has 6 heteroatoms. The Kier molecular flexibility index (Phi) is 5.40. The Morgan fingerprint density at radius 1 is 0.833 bits per heavy atom. The van der Waals surface area contributed by atoms with Gasteiger partial charge in [-0.25, -0.2) is 0 Å². The number of hydrogen-bond acceptors (Lipinski definition) is 3. The Labute approximate surface area is 163 Å². The predicted octanol–water partition coefficient (Wildman–Crippen LogP) is 7.17. The molecule has 0 aliphatic rings. The SMILES string of the molecule is COc1ccc(-c2cc(Br)c(-c3ccc(OC)cc3Cl)s2)c(Cl)c1. The molecule has 0 spiro atoms. The normalized spacial score (nSPS) is 10.7. The van der Waals surface area contributed by atoms with Gasteiger partial charge in [-0.3, -0.25) is 0 Å². The number of ether oxygens (including phenoxy) is 2. The number of halogens is 3. The molecule has 0 radical (unpaired) electrons. The second-order valence-electron chi connectivity index (χ2n) is 4.98. The molecule has 0 unspecified atom stereocenters. The van der Waals surface area contributed by atoms with Crippen LogP contribution in [0.15, 0.2) is 46.9 Å². The third kappa shape index (κ3) is 3.42. The van der Waals surface area contributed by atoms with E-state index in [1.807, 2.05) is 42.5 Å². The molecule has 0 saturated heterocycles. The summed E-state index contributed by atoms with van der Waals surface area (Å²) in [5, 5.41) is 1.29. The number of thiophene rings is 1. The molecule has 24 heavy (non-hydrogen) atoms. The first-order valence-electron chi connectivity index (χ1n) is 7.00. The van der Waals surface area contributed by atoms with Crippen molar-refractivity contribution in [3.05, 3.63) is 57.0 Å². The van der Waals surface area contributed by atoms with Gasteiger partial charge in [-0.1, -0.05) is 23.2 Å². The van der Waals surface area contributed by atoms with Gasteiger partial charge in [0.15, 0.2) is 0 Å². The molecular weight excluding hydrogens is 431 g/mol. The quantitative estimate of drug-likeness (QED) is 0.425. The average Bonchev–Trinajstić information content (AvgIpc) is 2.95. The van der Waals surface area contributed by atoms with Crippen LogP contribution >= 0.6 is 50.5 Å². The van der Waals surface area contributed by atoms with Crippen LogP contribution in [0.5, 0.6) is 11.5 Å². The van der Waals surface area contributed by atoms with Gasteiger partial charge in [0.2, 0.25) is 0 Å². The summed E-state index contributed by atoms with van der Waals surface area (Å²) in [5.74, 6) is 1.47. The summed E-state index contributed by atoms with van der Waals surface area (Å²) in [6, 6.07) is 13.4. The van der Waals surface area contributed by atoms with E-state index in [-0.39, 0.29) is 0 Å². The fourth-order valence-corrected chi connectivity index (χ4v) is 4.93. The Balaban J connectivity index is 2.05. The maximum atomic E-state index is 6.40. The largest absolute Gasteiger partial charge is 0.497 e. The molecular formula is C18H13BrCl2O2S. The van der Waals surface area contributed by atoms with Crippen molar-refractivity contribution in [1.29, 1.82) is 0 Å². The summed E-state index contributed by atoms with van der Waals surface area (Å²) in [7, 11) is 3.24. The van der Waals surface area contributed by atoms with E-state index in [1.54, 1.807) is 25.6 Å². The van der Waals surface area contributed by atoms with Crippen LogP contribution in [0.25, 0.3) is 20.9 Å². The first-order valence-corrected chi connectivity index (χ1v) is 9.37. The highest BCUT2D eigenvalue weighted by Gasteiger charge is 2.15. The molecule has 0 N–H and O–H groups in total. The van der Waals surface area contributed by atoms with E-state index in [1.165, 1.54) is 0 Å². The Hall–Kier alpha value is -1.20. The first kappa shape index (κ1) is 17.6. The van der Waals surface area contributed by atoms with Crippen LogP contribution in [0.4, 0.5) is 0 Å². The lowest BCUT2D eigenvalue weighted by Crippen LogP contribution is -1.83. The van der Waals surface area contributed by atoms with Gasteiger partial charge in [-0.15, -0.1) is 11.3 Å². The molecule has 0 amide bonds. The summed E-state index contributed by atoms with van der Waals surface area (Å²) in [6.07, 6.45) is 0. The van der Waals surface area contributed by atoms with E-state index in [0.29, 0.717) is 10.0 Å². The maximum absolute atomic E-state index is 6.40. The van der Waals surface area contributed by atoms with Crippen molar-refractivity contribution in [3.63, 3.8) is 0 Å². The van der Waals surface area contributed by atoms with Gasteiger partial charge in [0.1, 0.15) is 11.5 Å². The highest BCUT2D eigenvalue weighted by Crippen LogP contribution is 2.45. The summed E-state index contributed by atoms with van der Waals surface area (Å²) < 4.78 is 11.4. The molecule has 3 aromatic rings. The lowest BCUT2D eigenvalue weighted by atomic mass is 10.1. The number of rotatable bonds is 4. The Bertz CT molecular complexity index is 893. The lowest BCUT2D eigenvalue weighted by Gasteiger charge is -2.06. The minimum atomic E-state index is 0.643. The molecule has 0 aliphatic heterocycles. The topological polar surface area (TPSA) is 18.5 Å². The van der Waals surface area contributed by atoms with Crippen molar-refractivity contribution < 1.29 is 9.47 Å². The number of methoxy groups -OCH3 is 2. The average molecular weight is 444 g/mol. The molecule has 3 rings (SSSR count). The Morgan fingerprint density at radius 3 is 1.88 bits per heavy atom. The maximum Gasteiger partial charge on any atom is 0.120 e. The zero-order valence-corrected chi connectivity index (χ0v) is 16.8. The molecule has 1 heterocycles. The molecule has 1 aromatic heterocycles. The van der Waals surface area contributed by atoms with Crippen LogP contribution in [0.3, 0.4) is 0 Å². The van der Waals surface area contributed by atoms with Gasteiger partial charge in [-0.05, 0) is 58.4 Å². The van der Waals surface area contributed by atoms with Crippen LogP contribution in [-0.4, -0.2) is 14.2 Å². The molecule has 0 atom stereocenters. The van der Waals surface area contributed by atoms with Gasteiger partial charge >= 0.3 is 0 Å². The number of hydrogen-bond donors (Lipinski definition) is 0. The molecule has 2 nitrogen and oxygen atoms in total. The number of benzene rings is 2. The molecule has 0 aliphatic carbocycles. The summed E-state index contributed by atoms with van der Waals surface area (Å²) in [6.45, 7) is 0. The third-order valence-electron chi connectivity index (χ3n) is 3.55. The van der Waals surface area contributed by atoms with E-state index in [2.05, 4.69) is 15.9 Å². The van der Waals surface area contributed by atoms with Crippen LogP contribution in [0.2, 0.25) is 10.0 Å². The van der Waals surface area contributed by atoms with E-state index in [9.17, 15) is 0 Å². The minimum absolute atomic E-state index is 0.643. The molecule has 0 bridgehead atoms. The van der Waals surface area contributed by atoms with Crippen molar-refractivity contribution in [1.82, 2.24) is 0 Å². The van der Waals surface area contributed by atoms with E-state index < -0.39 is 0 Å². The van der Waals surface area contributed by atoms with Crippen LogP contribution in [0, 0.1) is 0 Å². The molecule has 2 aromatic carbocycles.